The van der Waals surface area contributed by atoms with Crippen molar-refractivity contribution in [3.05, 3.63) is 33.3 Å². The predicted molar refractivity (Wildman–Crippen MR) is 76.5 cm³/mol. The van der Waals surface area contributed by atoms with Crippen LogP contribution in [0, 0.1) is 0 Å². The third kappa shape index (κ3) is 3.95. The summed E-state index contributed by atoms with van der Waals surface area (Å²) in [6, 6.07) is 6.06. The van der Waals surface area contributed by atoms with E-state index in [1.807, 2.05) is 12.1 Å². The van der Waals surface area contributed by atoms with Crippen LogP contribution in [-0.4, -0.2) is 31.1 Å². The van der Waals surface area contributed by atoms with Gasteiger partial charge in [0.05, 0.1) is 5.02 Å². The molecule has 0 aliphatic carbocycles. The van der Waals surface area contributed by atoms with Crippen molar-refractivity contribution in [3.63, 3.8) is 0 Å². The Kier molecular flexibility index (Phi) is 5.29. The molecule has 0 spiro atoms. The van der Waals surface area contributed by atoms with Crippen LogP contribution in [0.15, 0.2) is 22.7 Å². The summed E-state index contributed by atoms with van der Waals surface area (Å²) in [5, 5.41) is 4.27. The van der Waals surface area contributed by atoms with Gasteiger partial charge in [0.2, 0.25) is 0 Å². The lowest BCUT2D eigenvalue weighted by Crippen LogP contribution is -2.29. The van der Waals surface area contributed by atoms with Gasteiger partial charge in [-0.05, 0) is 53.5 Å². The minimum absolute atomic E-state index is 0.821. The van der Waals surface area contributed by atoms with E-state index in [1.54, 1.807) is 0 Å². The van der Waals surface area contributed by atoms with Crippen LogP contribution < -0.4 is 5.32 Å². The van der Waals surface area contributed by atoms with Crippen molar-refractivity contribution >= 4 is 27.5 Å². The molecule has 1 aromatic carbocycles. The fourth-order valence-corrected chi connectivity index (χ4v) is 2.75. The summed E-state index contributed by atoms with van der Waals surface area (Å²) >= 11 is 9.64. The minimum atomic E-state index is 0.821. The van der Waals surface area contributed by atoms with Crippen LogP contribution in [0.3, 0.4) is 0 Å². The van der Waals surface area contributed by atoms with Gasteiger partial charge in [0.15, 0.2) is 0 Å². The Bertz CT molecular complexity index is 364. The van der Waals surface area contributed by atoms with Gasteiger partial charge in [0.25, 0.3) is 0 Å². The molecule has 2 nitrogen and oxygen atoms in total. The first-order valence-corrected chi connectivity index (χ1v) is 7.30. The van der Waals surface area contributed by atoms with Crippen LogP contribution in [0.1, 0.15) is 18.4 Å². The highest BCUT2D eigenvalue weighted by Crippen LogP contribution is 2.25. The molecule has 2 rings (SSSR count). The van der Waals surface area contributed by atoms with E-state index in [0.717, 1.165) is 34.7 Å². The second kappa shape index (κ2) is 6.74. The van der Waals surface area contributed by atoms with Gasteiger partial charge in [-0.25, -0.2) is 0 Å². The maximum atomic E-state index is 6.20. The average molecular weight is 318 g/mol. The third-order valence-electron chi connectivity index (χ3n) is 3.15. The molecule has 0 saturated carbocycles. The molecule has 1 heterocycles. The monoisotopic (exact) mass is 316 g/mol. The van der Waals surface area contributed by atoms with Gasteiger partial charge >= 0.3 is 0 Å². The Morgan fingerprint density at radius 1 is 1.29 bits per heavy atom. The molecule has 4 heteroatoms. The second-order valence-corrected chi connectivity index (χ2v) is 5.67. The van der Waals surface area contributed by atoms with Crippen LogP contribution in [0.5, 0.6) is 0 Å². The minimum Gasteiger partial charge on any atom is -0.311 e. The van der Waals surface area contributed by atoms with Gasteiger partial charge in [-0.1, -0.05) is 23.7 Å². The van der Waals surface area contributed by atoms with E-state index in [-0.39, 0.29) is 0 Å². The van der Waals surface area contributed by atoms with Crippen molar-refractivity contribution in [3.8, 4) is 0 Å². The van der Waals surface area contributed by atoms with Crippen LogP contribution in [-0.2, 0) is 6.54 Å². The number of hydrogen-bond acceptors (Lipinski definition) is 2. The molecule has 0 bridgehead atoms. The highest BCUT2D eigenvalue weighted by molar-refractivity contribution is 9.10. The molecule has 94 valence electrons. The lowest BCUT2D eigenvalue weighted by atomic mass is 10.2. The summed E-state index contributed by atoms with van der Waals surface area (Å²) < 4.78 is 0.970. The number of benzene rings is 1. The summed E-state index contributed by atoms with van der Waals surface area (Å²) in [5.74, 6) is 0. The van der Waals surface area contributed by atoms with Gasteiger partial charge in [-0.2, -0.15) is 0 Å². The third-order valence-corrected chi connectivity index (χ3v) is 4.49. The molecule has 1 saturated heterocycles. The molecule has 0 amide bonds. The highest BCUT2D eigenvalue weighted by atomic mass is 79.9. The first-order chi connectivity index (χ1) is 8.27. The van der Waals surface area contributed by atoms with Crippen molar-refractivity contribution < 1.29 is 0 Å². The first kappa shape index (κ1) is 13.3. The molecule has 0 unspecified atom stereocenters. The van der Waals surface area contributed by atoms with Crippen molar-refractivity contribution in [1.29, 1.82) is 0 Å². The zero-order valence-corrected chi connectivity index (χ0v) is 12.2. The number of rotatable bonds is 5. The predicted octanol–water partition coefficient (Wildman–Crippen LogP) is 3.29. The maximum absolute atomic E-state index is 6.20. The molecule has 0 atom stereocenters. The Balaban J connectivity index is 1.72. The van der Waals surface area contributed by atoms with Crippen molar-refractivity contribution in [2.75, 3.05) is 26.2 Å². The fraction of sp³-hybridized carbons (Fsp3) is 0.538. The normalized spacial score (nSPS) is 16.6. The van der Waals surface area contributed by atoms with E-state index in [0.29, 0.717) is 0 Å². The van der Waals surface area contributed by atoms with Crippen molar-refractivity contribution in [1.82, 2.24) is 10.2 Å². The Morgan fingerprint density at radius 2 is 2.06 bits per heavy atom. The lowest BCUT2D eigenvalue weighted by molar-refractivity contribution is 0.335. The molecule has 0 aromatic heterocycles. The van der Waals surface area contributed by atoms with Gasteiger partial charge in [-0.15, -0.1) is 0 Å². The number of hydrogen-bond donors (Lipinski definition) is 1. The lowest BCUT2D eigenvalue weighted by Gasteiger charge is -2.15. The van der Waals surface area contributed by atoms with Gasteiger partial charge < -0.3 is 10.2 Å². The van der Waals surface area contributed by atoms with Gasteiger partial charge in [-0.3, -0.25) is 0 Å². The van der Waals surface area contributed by atoms with Crippen molar-refractivity contribution in [2.45, 2.75) is 19.4 Å². The molecule has 1 aliphatic heterocycles. The zero-order chi connectivity index (χ0) is 12.1. The van der Waals surface area contributed by atoms with Crippen LogP contribution in [0.25, 0.3) is 0 Å². The molecule has 1 aromatic rings. The van der Waals surface area contributed by atoms with E-state index in [2.05, 4.69) is 32.2 Å². The summed E-state index contributed by atoms with van der Waals surface area (Å²) in [5.41, 5.74) is 1.16. The van der Waals surface area contributed by atoms with Gasteiger partial charge in [0, 0.05) is 24.1 Å². The van der Waals surface area contributed by atoms with E-state index in [4.69, 9.17) is 11.6 Å². The number of likely N-dealkylation sites (tertiary alicyclic amines) is 1. The number of halogens is 2. The largest absolute Gasteiger partial charge is 0.311 e. The van der Waals surface area contributed by atoms with Crippen LogP contribution >= 0.6 is 27.5 Å². The Labute approximate surface area is 116 Å². The maximum Gasteiger partial charge on any atom is 0.0592 e. The summed E-state index contributed by atoms with van der Waals surface area (Å²) in [6.07, 6.45) is 2.72. The quantitative estimate of drug-likeness (QED) is 0.838. The molecule has 0 radical (unpaired) electrons. The summed E-state index contributed by atoms with van der Waals surface area (Å²) in [4.78, 5) is 2.51. The Morgan fingerprint density at radius 3 is 2.82 bits per heavy atom. The molecular weight excluding hydrogens is 300 g/mol. The standard InChI is InChI=1S/C13H18BrClN2/c14-12-5-3-4-11(13(12)15)10-16-6-9-17-7-1-2-8-17/h3-5,16H,1-2,6-10H2. The smallest absolute Gasteiger partial charge is 0.0592 e. The second-order valence-electron chi connectivity index (χ2n) is 4.44. The first-order valence-electron chi connectivity index (χ1n) is 6.13. The molecule has 1 aliphatic rings. The van der Waals surface area contributed by atoms with E-state index in [9.17, 15) is 0 Å². The van der Waals surface area contributed by atoms with Crippen LogP contribution in [0.2, 0.25) is 5.02 Å². The number of nitrogens with one attached hydrogen (secondary N) is 1. The SMILES string of the molecule is Clc1c(Br)cccc1CNCCN1CCCC1. The van der Waals surface area contributed by atoms with E-state index in [1.165, 1.54) is 25.9 Å². The highest BCUT2D eigenvalue weighted by Gasteiger charge is 2.10. The van der Waals surface area contributed by atoms with E-state index < -0.39 is 0 Å². The van der Waals surface area contributed by atoms with Crippen molar-refractivity contribution in [2.24, 2.45) is 0 Å². The summed E-state index contributed by atoms with van der Waals surface area (Å²) in [7, 11) is 0. The fourth-order valence-electron chi connectivity index (χ4n) is 2.15. The molecule has 17 heavy (non-hydrogen) atoms. The molecule has 1 fully saturated rings. The molecular formula is C13H18BrClN2. The van der Waals surface area contributed by atoms with Crippen LogP contribution in [0.4, 0.5) is 0 Å². The number of nitrogens with zero attached hydrogens (tertiary/aromatic N) is 1. The zero-order valence-electron chi connectivity index (χ0n) is 9.88. The molecule has 1 N–H and O–H groups in total. The Hall–Kier alpha value is -0.0900. The average Bonchev–Trinajstić information content (AvgIpc) is 2.83. The van der Waals surface area contributed by atoms with E-state index >= 15 is 0 Å². The summed E-state index contributed by atoms with van der Waals surface area (Å²) in [6.45, 7) is 5.54. The topological polar surface area (TPSA) is 15.3 Å². The van der Waals surface area contributed by atoms with Gasteiger partial charge in [0.1, 0.15) is 0 Å².